The average Bonchev–Trinajstić information content (AvgIpc) is 2.96. The maximum Gasteiger partial charge on any atom is 0.320 e. The van der Waals surface area contributed by atoms with Crippen LogP contribution >= 0.6 is 0 Å². The van der Waals surface area contributed by atoms with Crippen molar-refractivity contribution in [1.29, 1.82) is 0 Å². The Balaban J connectivity index is 1.05. The summed E-state index contributed by atoms with van der Waals surface area (Å²) < 4.78 is 2.14. The topological polar surface area (TPSA) is 161 Å². The van der Waals surface area contributed by atoms with Crippen LogP contribution in [0.2, 0.25) is 0 Å². The van der Waals surface area contributed by atoms with E-state index in [0.29, 0.717) is 25.0 Å². The zero-order chi connectivity index (χ0) is 29.6. The fraction of sp³-hybridized carbons (Fsp3) is 0.767. The number of hydrogen-bond acceptors (Lipinski definition) is 9. The summed E-state index contributed by atoms with van der Waals surface area (Å²) in [6, 6.07) is 2.36. The first-order valence-electron chi connectivity index (χ1n) is 16.2. The molecule has 1 aliphatic heterocycles. The predicted molar refractivity (Wildman–Crippen MR) is 168 cm³/mol. The van der Waals surface area contributed by atoms with Crippen LogP contribution in [0.25, 0.3) is 0 Å². The molecule has 0 spiro atoms. The first kappa shape index (κ1) is 32.2. The van der Waals surface area contributed by atoms with Gasteiger partial charge in [-0.1, -0.05) is 19.3 Å². The van der Waals surface area contributed by atoms with E-state index in [9.17, 15) is 4.79 Å². The Bertz CT molecular complexity index is 1030. The van der Waals surface area contributed by atoms with Crippen LogP contribution in [-0.2, 0) is 17.9 Å². The molecule has 1 aliphatic carbocycles. The standard InChI is InChI=1S/C30H54N10O2/c1-23-20-28(36-25-11-18-39(19-12-25)16-5-10-27(31)29(41)42)37-30(35-23)34-21-26-22-40(38-26)17-7-14-32-13-6-15-33-24-8-3-2-4-9-24/h20,22,24-25,27,32-33,38H,2-19,21,31H2,1H3,(H,41,42)(H2,34,35,36,37)/t27-/m0/s1. The molecule has 3 heterocycles. The first-order chi connectivity index (χ1) is 20.4. The van der Waals surface area contributed by atoms with Crippen LogP contribution in [0.4, 0.5) is 11.8 Å². The van der Waals surface area contributed by atoms with Crippen LogP contribution in [0.1, 0.15) is 82.0 Å². The van der Waals surface area contributed by atoms with Crippen LogP contribution < -0.4 is 27.0 Å². The highest BCUT2D eigenvalue weighted by Gasteiger charge is 2.20. The van der Waals surface area contributed by atoms with Crippen molar-refractivity contribution in [1.82, 2.24) is 35.3 Å². The highest BCUT2D eigenvalue weighted by Crippen LogP contribution is 2.19. The largest absolute Gasteiger partial charge is 0.480 e. The SMILES string of the molecule is Cc1cc(NC2CCN(CCC[C@H](N)C(=O)O)CC2)nc(NCc2cn(CCCNCCCNC3CCCCC3)[nH]2)n1. The minimum absolute atomic E-state index is 0.363. The van der Waals surface area contributed by atoms with Crippen molar-refractivity contribution >= 4 is 17.7 Å². The van der Waals surface area contributed by atoms with Crippen molar-refractivity contribution in [3.63, 3.8) is 0 Å². The number of aliphatic carboxylic acids is 1. The molecule has 0 unspecified atom stereocenters. The number of carboxylic acid groups (broad SMARTS) is 1. The van der Waals surface area contributed by atoms with E-state index in [-0.39, 0.29) is 0 Å². The molecule has 42 heavy (non-hydrogen) atoms. The van der Waals surface area contributed by atoms with E-state index >= 15 is 0 Å². The summed E-state index contributed by atoms with van der Waals surface area (Å²) in [6.45, 7) is 9.75. The lowest BCUT2D eigenvalue weighted by atomic mass is 9.95. The van der Waals surface area contributed by atoms with Gasteiger partial charge in [-0.2, -0.15) is 4.98 Å². The van der Waals surface area contributed by atoms with Crippen molar-refractivity contribution in [2.75, 3.05) is 49.9 Å². The number of hydrogen-bond donors (Lipinski definition) is 7. The van der Waals surface area contributed by atoms with Crippen molar-refractivity contribution in [3.8, 4) is 0 Å². The lowest BCUT2D eigenvalue weighted by Gasteiger charge is -2.32. The van der Waals surface area contributed by atoms with Crippen LogP contribution in [-0.4, -0.2) is 93.1 Å². The lowest BCUT2D eigenvalue weighted by Crippen LogP contribution is -2.40. The minimum Gasteiger partial charge on any atom is -0.480 e. The molecule has 12 nitrogen and oxygen atoms in total. The Hall–Kier alpha value is -2.67. The molecule has 1 atom stereocenters. The second-order valence-electron chi connectivity index (χ2n) is 12.1. The van der Waals surface area contributed by atoms with Gasteiger partial charge >= 0.3 is 5.97 Å². The molecule has 0 radical (unpaired) electrons. The predicted octanol–water partition coefficient (Wildman–Crippen LogP) is 2.89. The quantitative estimate of drug-likeness (QED) is 0.122. The lowest BCUT2D eigenvalue weighted by molar-refractivity contribution is -0.138. The molecule has 0 aromatic carbocycles. The zero-order valence-corrected chi connectivity index (χ0v) is 25.5. The zero-order valence-electron chi connectivity index (χ0n) is 25.5. The highest BCUT2D eigenvalue weighted by molar-refractivity contribution is 5.72. The van der Waals surface area contributed by atoms with Crippen LogP contribution in [0, 0.1) is 6.92 Å². The van der Waals surface area contributed by atoms with E-state index < -0.39 is 12.0 Å². The number of nitrogens with one attached hydrogen (secondary N) is 5. The molecule has 0 bridgehead atoms. The van der Waals surface area contributed by atoms with E-state index in [1.165, 1.54) is 38.5 Å². The molecule has 4 rings (SSSR count). The number of aromatic amines is 1. The number of anilines is 2. The van der Waals surface area contributed by atoms with E-state index in [0.717, 1.165) is 94.7 Å². The fourth-order valence-corrected chi connectivity index (χ4v) is 5.96. The van der Waals surface area contributed by atoms with Gasteiger partial charge in [0.1, 0.15) is 11.9 Å². The molecule has 8 N–H and O–H groups in total. The Morgan fingerprint density at radius 2 is 1.81 bits per heavy atom. The molecule has 2 aromatic rings. The molecule has 236 valence electrons. The van der Waals surface area contributed by atoms with Crippen molar-refractivity contribution in [2.24, 2.45) is 5.73 Å². The molecule has 2 fully saturated rings. The number of carboxylic acids is 1. The van der Waals surface area contributed by atoms with E-state index in [4.69, 9.17) is 15.8 Å². The monoisotopic (exact) mass is 586 g/mol. The van der Waals surface area contributed by atoms with Crippen LogP contribution in [0.3, 0.4) is 0 Å². The molecular weight excluding hydrogens is 532 g/mol. The van der Waals surface area contributed by atoms with E-state index in [1.54, 1.807) is 0 Å². The number of rotatable bonds is 19. The van der Waals surface area contributed by atoms with Gasteiger partial charge in [0, 0.05) is 49.7 Å². The van der Waals surface area contributed by atoms with Gasteiger partial charge in [0.25, 0.3) is 0 Å². The van der Waals surface area contributed by atoms with E-state index in [2.05, 4.69) is 47.1 Å². The second-order valence-corrected chi connectivity index (χ2v) is 12.1. The maximum atomic E-state index is 10.9. The van der Waals surface area contributed by atoms with Crippen molar-refractivity contribution in [3.05, 3.63) is 23.7 Å². The third kappa shape index (κ3) is 11.5. The average molecular weight is 587 g/mol. The summed E-state index contributed by atoms with van der Waals surface area (Å²) in [6.07, 6.45) is 14.7. The maximum absolute atomic E-state index is 10.9. The normalized spacial score (nSPS) is 17.9. The summed E-state index contributed by atoms with van der Waals surface area (Å²) >= 11 is 0. The van der Waals surface area contributed by atoms with Gasteiger partial charge in [0.05, 0.1) is 12.2 Å². The highest BCUT2D eigenvalue weighted by atomic mass is 16.4. The molecule has 2 aliphatic rings. The van der Waals surface area contributed by atoms with Gasteiger partial charge in [0.15, 0.2) is 0 Å². The Morgan fingerprint density at radius 1 is 1.05 bits per heavy atom. The van der Waals surface area contributed by atoms with Gasteiger partial charge in [-0.25, -0.2) is 4.98 Å². The van der Waals surface area contributed by atoms with Gasteiger partial charge in [0.2, 0.25) is 5.95 Å². The summed E-state index contributed by atoms with van der Waals surface area (Å²) in [7, 11) is 0. The number of nitrogens with two attached hydrogens (primary N) is 1. The van der Waals surface area contributed by atoms with Crippen molar-refractivity contribution in [2.45, 2.75) is 109 Å². The molecule has 0 amide bonds. The minimum atomic E-state index is -0.920. The Morgan fingerprint density at radius 3 is 2.57 bits per heavy atom. The first-order valence-corrected chi connectivity index (χ1v) is 16.2. The van der Waals surface area contributed by atoms with E-state index in [1.807, 2.05) is 13.0 Å². The molecular formula is C30H54N10O2. The second kappa shape index (κ2) is 17.4. The third-order valence-electron chi connectivity index (χ3n) is 8.46. The molecule has 12 heteroatoms. The van der Waals surface area contributed by atoms with Gasteiger partial charge < -0.3 is 37.0 Å². The smallest absolute Gasteiger partial charge is 0.320 e. The Labute approximate surface area is 251 Å². The number of aromatic nitrogens is 4. The number of piperidine rings is 1. The van der Waals surface area contributed by atoms with Crippen molar-refractivity contribution < 1.29 is 9.90 Å². The number of aryl methyl sites for hydroxylation is 2. The summed E-state index contributed by atoms with van der Waals surface area (Å²) in [5, 5.41) is 26.6. The molecule has 1 saturated heterocycles. The molecule has 2 aromatic heterocycles. The number of H-pyrrole nitrogens is 1. The Kier molecular flexibility index (Phi) is 13.4. The molecule has 1 saturated carbocycles. The fourth-order valence-electron chi connectivity index (χ4n) is 5.96. The summed E-state index contributed by atoms with van der Waals surface area (Å²) in [5.41, 5.74) is 7.68. The van der Waals surface area contributed by atoms with Crippen LogP contribution in [0.5, 0.6) is 0 Å². The van der Waals surface area contributed by atoms with Gasteiger partial charge in [-0.05, 0) is 84.5 Å². The number of carbonyl (C=O) groups is 1. The third-order valence-corrected chi connectivity index (χ3v) is 8.46. The summed E-state index contributed by atoms with van der Waals surface area (Å²) in [5.74, 6) is 0.565. The van der Waals surface area contributed by atoms with Gasteiger partial charge in [-0.3, -0.25) is 14.6 Å². The summed E-state index contributed by atoms with van der Waals surface area (Å²) in [4.78, 5) is 22.5. The van der Waals surface area contributed by atoms with Gasteiger partial charge in [-0.15, -0.1) is 0 Å². The number of likely N-dealkylation sites (tertiary alicyclic amines) is 1. The van der Waals surface area contributed by atoms with Crippen LogP contribution in [0.15, 0.2) is 12.3 Å². The number of nitrogens with zero attached hydrogens (tertiary/aromatic N) is 4.